The van der Waals surface area contributed by atoms with Crippen LogP contribution >= 0.6 is 11.8 Å². The van der Waals surface area contributed by atoms with Crippen LogP contribution in [0.1, 0.15) is 21.6 Å². The molecule has 4 rings (SSSR count). The van der Waals surface area contributed by atoms with Crippen molar-refractivity contribution in [1.29, 1.82) is 0 Å². The number of hydrogen-bond donors (Lipinski definition) is 2. The van der Waals surface area contributed by atoms with Crippen LogP contribution in [0, 0.1) is 6.92 Å². The van der Waals surface area contributed by atoms with Crippen molar-refractivity contribution in [2.45, 2.75) is 13.3 Å². The second-order valence-electron chi connectivity index (χ2n) is 6.43. The van der Waals surface area contributed by atoms with Crippen LogP contribution in [-0.2, 0) is 6.42 Å². The summed E-state index contributed by atoms with van der Waals surface area (Å²) in [5.41, 5.74) is 4.85. The molecule has 130 valence electrons. The van der Waals surface area contributed by atoms with Crippen LogP contribution in [0.15, 0.2) is 30.3 Å². The number of anilines is 3. The molecule has 0 radical (unpaired) electrons. The Bertz CT molecular complexity index is 802. The zero-order valence-corrected chi connectivity index (χ0v) is 15.2. The number of benzene rings is 1. The fourth-order valence-corrected chi connectivity index (χ4v) is 4.22. The van der Waals surface area contributed by atoms with Crippen LogP contribution in [-0.4, -0.2) is 42.0 Å². The summed E-state index contributed by atoms with van der Waals surface area (Å²) in [4.78, 5) is 19.8. The Hall–Kier alpha value is -2.21. The lowest BCUT2D eigenvalue weighted by atomic mass is 10.1. The number of nitrogens with zero attached hydrogens (tertiary/aromatic N) is 2. The van der Waals surface area contributed by atoms with Gasteiger partial charge in [0, 0.05) is 48.2 Å². The lowest BCUT2D eigenvalue weighted by Gasteiger charge is -2.29. The Morgan fingerprint density at radius 3 is 2.92 bits per heavy atom. The molecule has 25 heavy (non-hydrogen) atoms. The van der Waals surface area contributed by atoms with E-state index >= 15 is 0 Å². The second-order valence-corrected chi connectivity index (χ2v) is 7.65. The summed E-state index contributed by atoms with van der Waals surface area (Å²) in [5.74, 6) is 2.87. The van der Waals surface area contributed by atoms with Gasteiger partial charge in [-0.05, 0) is 49.2 Å². The molecule has 2 aromatic rings. The summed E-state index contributed by atoms with van der Waals surface area (Å²) in [6.45, 7) is 4.81. The summed E-state index contributed by atoms with van der Waals surface area (Å²) in [6, 6.07) is 9.85. The van der Waals surface area contributed by atoms with Crippen molar-refractivity contribution in [3.05, 3.63) is 47.2 Å². The Balaban J connectivity index is 1.59. The number of carbonyl (C=O) groups excluding carboxylic acids is 1. The lowest BCUT2D eigenvalue weighted by molar-refractivity contribution is 0.102. The number of amides is 1. The minimum atomic E-state index is -0.0911. The Labute approximate surface area is 152 Å². The highest BCUT2D eigenvalue weighted by atomic mass is 32.2. The molecule has 6 heteroatoms. The first-order valence-electron chi connectivity index (χ1n) is 8.69. The molecule has 0 spiro atoms. The molecule has 2 aliphatic heterocycles. The summed E-state index contributed by atoms with van der Waals surface area (Å²) in [5, 5.41) is 6.39. The highest BCUT2D eigenvalue weighted by Crippen LogP contribution is 2.27. The predicted molar refractivity (Wildman–Crippen MR) is 105 cm³/mol. The molecule has 0 aliphatic carbocycles. The van der Waals surface area contributed by atoms with E-state index in [9.17, 15) is 4.79 Å². The monoisotopic (exact) mass is 354 g/mol. The van der Waals surface area contributed by atoms with Gasteiger partial charge in [-0.25, -0.2) is 4.98 Å². The van der Waals surface area contributed by atoms with Crippen LogP contribution in [0.3, 0.4) is 0 Å². The highest BCUT2D eigenvalue weighted by Gasteiger charge is 2.21. The maximum atomic E-state index is 12.9. The molecule has 0 atom stereocenters. The van der Waals surface area contributed by atoms with E-state index in [1.54, 1.807) is 0 Å². The molecular weight excluding hydrogens is 332 g/mol. The quantitative estimate of drug-likeness (QED) is 0.887. The van der Waals surface area contributed by atoms with Crippen molar-refractivity contribution in [2.75, 3.05) is 46.7 Å². The molecular formula is C19H22N4OS. The van der Waals surface area contributed by atoms with Crippen LogP contribution < -0.4 is 15.5 Å². The number of hydrogen-bond acceptors (Lipinski definition) is 5. The SMILES string of the molecule is Cc1ccc(C(=O)Nc2ccc3c(c2)CCN3)c(N2CCSCC2)n1. The number of thioether (sulfide) groups is 1. The summed E-state index contributed by atoms with van der Waals surface area (Å²) in [6.07, 6.45) is 1.00. The fourth-order valence-electron chi connectivity index (χ4n) is 3.32. The van der Waals surface area contributed by atoms with Gasteiger partial charge in [-0.1, -0.05) is 0 Å². The van der Waals surface area contributed by atoms with Gasteiger partial charge < -0.3 is 15.5 Å². The van der Waals surface area contributed by atoms with Gasteiger partial charge in [-0.2, -0.15) is 11.8 Å². The third-order valence-electron chi connectivity index (χ3n) is 4.64. The Morgan fingerprint density at radius 1 is 1.24 bits per heavy atom. The van der Waals surface area contributed by atoms with E-state index in [1.165, 1.54) is 11.3 Å². The van der Waals surface area contributed by atoms with Gasteiger partial charge in [-0.15, -0.1) is 0 Å². The number of aryl methyl sites for hydroxylation is 1. The van der Waals surface area contributed by atoms with Gasteiger partial charge in [0.25, 0.3) is 5.91 Å². The topological polar surface area (TPSA) is 57.3 Å². The fraction of sp³-hybridized carbons (Fsp3) is 0.368. The third-order valence-corrected chi connectivity index (χ3v) is 5.59. The molecule has 0 bridgehead atoms. The van der Waals surface area contributed by atoms with Crippen molar-refractivity contribution in [2.24, 2.45) is 0 Å². The minimum absolute atomic E-state index is 0.0911. The molecule has 1 fully saturated rings. The van der Waals surface area contributed by atoms with E-state index in [4.69, 9.17) is 0 Å². The number of carbonyl (C=O) groups is 1. The highest BCUT2D eigenvalue weighted by molar-refractivity contribution is 7.99. The van der Waals surface area contributed by atoms with Crippen LogP contribution in [0.5, 0.6) is 0 Å². The molecule has 1 amide bonds. The smallest absolute Gasteiger partial charge is 0.259 e. The third kappa shape index (κ3) is 3.44. The van der Waals surface area contributed by atoms with Gasteiger partial charge in [0.05, 0.1) is 5.56 Å². The van der Waals surface area contributed by atoms with E-state index in [2.05, 4.69) is 26.6 Å². The Kier molecular flexibility index (Phi) is 4.53. The first-order valence-corrected chi connectivity index (χ1v) is 9.85. The van der Waals surface area contributed by atoms with Gasteiger partial charge in [0.15, 0.2) is 0 Å². The van der Waals surface area contributed by atoms with E-state index < -0.39 is 0 Å². The number of pyridine rings is 1. The van der Waals surface area contributed by atoms with E-state index in [0.717, 1.165) is 54.8 Å². The first-order chi connectivity index (χ1) is 12.2. The van der Waals surface area contributed by atoms with Crippen molar-refractivity contribution in [3.63, 3.8) is 0 Å². The molecule has 3 heterocycles. The van der Waals surface area contributed by atoms with Gasteiger partial charge in [-0.3, -0.25) is 4.79 Å². The van der Waals surface area contributed by atoms with Crippen LogP contribution in [0.2, 0.25) is 0 Å². The number of rotatable bonds is 3. The van der Waals surface area contributed by atoms with E-state index in [1.807, 2.05) is 43.0 Å². The molecule has 2 aliphatic rings. The van der Waals surface area contributed by atoms with E-state index in [-0.39, 0.29) is 5.91 Å². The lowest BCUT2D eigenvalue weighted by Crippen LogP contribution is -2.35. The largest absolute Gasteiger partial charge is 0.384 e. The van der Waals surface area contributed by atoms with E-state index in [0.29, 0.717) is 5.56 Å². The molecule has 0 unspecified atom stereocenters. The maximum Gasteiger partial charge on any atom is 0.259 e. The average molecular weight is 354 g/mol. The number of nitrogens with one attached hydrogen (secondary N) is 2. The van der Waals surface area contributed by atoms with Crippen LogP contribution in [0.4, 0.5) is 17.2 Å². The minimum Gasteiger partial charge on any atom is -0.384 e. The van der Waals surface area contributed by atoms with Crippen LogP contribution in [0.25, 0.3) is 0 Å². The molecule has 1 saturated heterocycles. The van der Waals surface area contributed by atoms with Gasteiger partial charge >= 0.3 is 0 Å². The molecule has 2 N–H and O–H groups in total. The van der Waals surface area contributed by atoms with Crippen molar-refractivity contribution >= 4 is 34.9 Å². The number of fused-ring (bicyclic) bond motifs is 1. The van der Waals surface area contributed by atoms with Gasteiger partial charge in [0.1, 0.15) is 5.82 Å². The summed E-state index contributed by atoms with van der Waals surface area (Å²) in [7, 11) is 0. The maximum absolute atomic E-state index is 12.9. The van der Waals surface area contributed by atoms with Crippen molar-refractivity contribution in [3.8, 4) is 0 Å². The Morgan fingerprint density at radius 2 is 2.08 bits per heavy atom. The molecule has 0 saturated carbocycles. The van der Waals surface area contributed by atoms with Crippen molar-refractivity contribution < 1.29 is 4.79 Å². The van der Waals surface area contributed by atoms with Gasteiger partial charge in [0.2, 0.25) is 0 Å². The normalized spacial score (nSPS) is 16.3. The second kappa shape index (κ2) is 6.96. The zero-order valence-electron chi connectivity index (χ0n) is 14.3. The first kappa shape index (κ1) is 16.3. The van der Waals surface area contributed by atoms with Crippen molar-refractivity contribution in [1.82, 2.24) is 4.98 Å². The number of aromatic nitrogens is 1. The summed E-state index contributed by atoms with van der Waals surface area (Å²) >= 11 is 1.95. The zero-order chi connectivity index (χ0) is 17.2. The standard InChI is InChI=1S/C19H22N4OS/c1-13-2-4-16(18(21-13)23-8-10-25-11-9-23)19(24)22-15-3-5-17-14(12-15)6-7-20-17/h2-5,12,20H,6-11H2,1H3,(H,22,24). The average Bonchev–Trinajstić information content (AvgIpc) is 3.10. The molecule has 1 aromatic heterocycles. The molecule has 1 aromatic carbocycles. The predicted octanol–water partition coefficient (Wildman–Crippen LogP) is 3.16. The summed E-state index contributed by atoms with van der Waals surface area (Å²) < 4.78 is 0. The molecule has 5 nitrogen and oxygen atoms in total.